The minimum atomic E-state index is 0.0135. The number of piperazine rings is 1. The summed E-state index contributed by atoms with van der Waals surface area (Å²) in [6.45, 7) is 2.01. The number of hydrogen-bond donors (Lipinski definition) is 0. The lowest BCUT2D eigenvalue weighted by molar-refractivity contribution is -0.131. The summed E-state index contributed by atoms with van der Waals surface area (Å²) in [6.07, 6.45) is 0. The Morgan fingerprint density at radius 1 is 1.26 bits per heavy atom. The first kappa shape index (κ1) is 16.1. The van der Waals surface area contributed by atoms with Crippen LogP contribution in [0.1, 0.15) is 11.1 Å². The topological polar surface area (TPSA) is 60.2 Å². The van der Waals surface area contributed by atoms with Crippen molar-refractivity contribution in [1.29, 1.82) is 5.26 Å². The van der Waals surface area contributed by atoms with Crippen molar-refractivity contribution in [2.75, 3.05) is 24.5 Å². The molecule has 0 aliphatic carbocycles. The summed E-state index contributed by atoms with van der Waals surface area (Å²) < 4.78 is 3.99. The predicted octanol–water partition coefficient (Wildman–Crippen LogP) is 3.17. The zero-order valence-corrected chi connectivity index (χ0v) is 14.3. The quantitative estimate of drug-likeness (QED) is 0.836. The molecule has 0 saturated carbocycles. The van der Waals surface area contributed by atoms with Gasteiger partial charge in [-0.25, -0.2) is 0 Å². The van der Waals surface area contributed by atoms with Gasteiger partial charge in [0, 0.05) is 24.7 Å². The van der Waals surface area contributed by atoms with E-state index in [9.17, 15) is 4.79 Å². The standard InChI is InChI=1S/C15H12Cl2N4OS/c16-11-3-1-10(2-4-11)8-20-5-6-21(9-13(20)22)15-12(7-18)14(17)19-23-15/h1-4H,5-6,8-9H2. The van der Waals surface area contributed by atoms with Gasteiger partial charge in [0.25, 0.3) is 0 Å². The molecule has 1 saturated heterocycles. The molecule has 5 nitrogen and oxygen atoms in total. The molecule has 3 rings (SSSR count). The highest BCUT2D eigenvalue weighted by Gasteiger charge is 2.27. The van der Waals surface area contributed by atoms with Gasteiger partial charge in [0.15, 0.2) is 5.15 Å². The smallest absolute Gasteiger partial charge is 0.242 e. The Morgan fingerprint density at radius 3 is 2.65 bits per heavy atom. The van der Waals surface area contributed by atoms with Crippen molar-refractivity contribution in [2.24, 2.45) is 0 Å². The minimum Gasteiger partial charge on any atom is -0.350 e. The van der Waals surface area contributed by atoms with Crippen molar-refractivity contribution in [3.63, 3.8) is 0 Å². The third kappa shape index (κ3) is 3.42. The fraction of sp³-hybridized carbons (Fsp3) is 0.267. The third-order valence-electron chi connectivity index (χ3n) is 3.64. The van der Waals surface area contributed by atoms with Crippen molar-refractivity contribution >= 4 is 45.6 Å². The summed E-state index contributed by atoms with van der Waals surface area (Å²) in [5, 5.41) is 10.7. The van der Waals surface area contributed by atoms with Crippen LogP contribution >= 0.6 is 34.7 Å². The van der Waals surface area contributed by atoms with E-state index in [-0.39, 0.29) is 17.6 Å². The van der Waals surface area contributed by atoms with Gasteiger partial charge in [-0.1, -0.05) is 35.3 Å². The number of anilines is 1. The molecule has 2 heterocycles. The fourth-order valence-electron chi connectivity index (χ4n) is 2.43. The first-order valence-electron chi connectivity index (χ1n) is 6.91. The van der Waals surface area contributed by atoms with Gasteiger partial charge in [0.05, 0.1) is 6.54 Å². The van der Waals surface area contributed by atoms with Crippen LogP contribution < -0.4 is 4.90 Å². The monoisotopic (exact) mass is 366 g/mol. The second kappa shape index (κ2) is 6.75. The number of halogens is 2. The van der Waals surface area contributed by atoms with Gasteiger partial charge >= 0.3 is 0 Å². The number of benzene rings is 1. The zero-order chi connectivity index (χ0) is 16.4. The number of rotatable bonds is 3. The molecule has 8 heteroatoms. The number of carbonyl (C=O) groups is 1. The molecule has 1 aromatic heterocycles. The average molecular weight is 367 g/mol. The molecule has 0 spiro atoms. The molecule has 2 aromatic rings. The summed E-state index contributed by atoms with van der Waals surface area (Å²) in [7, 11) is 0. The maximum atomic E-state index is 12.4. The van der Waals surface area contributed by atoms with Crippen molar-refractivity contribution < 1.29 is 4.79 Å². The maximum Gasteiger partial charge on any atom is 0.242 e. The predicted molar refractivity (Wildman–Crippen MR) is 90.9 cm³/mol. The number of nitriles is 1. The highest BCUT2D eigenvalue weighted by molar-refractivity contribution is 7.10. The van der Waals surface area contributed by atoms with E-state index in [0.717, 1.165) is 17.1 Å². The lowest BCUT2D eigenvalue weighted by atomic mass is 10.2. The minimum absolute atomic E-state index is 0.0135. The summed E-state index contributed by atoms with van der Waals surface area (Å²) in [5.74, 6) is 0.0135. The van der Waals surface area contributed by atoms with E-state index in [2.05, 4.69) is 4.37 Å². The van der Waals surface area contributed by atoms with Crippen LogP contribution in [0.5, 0.6) is 0 Å². The van der Waals surface area contributed by atoms with E-state index in [0.29, 0.717) is 35.2 Å². The van der Waals surface area contributed by atoms with Crippen LogP contribution in [-0.4, -0.2) is 34.8 Å². The van der Waals surface area contributed by atoms with Crippen LogP contribution in [0.3, 0.4) is 0 Å². The van der Waals surface area contributed by atoms with E-state index in [1.807, 2.05) is 35.2 Å². The van der Waals surface area contributed by atoms with E-state index in [1.165, 1.54) is 0 Å². The Morgan fingerprint density at radius 2 is 2.00 bits per heavy atom. The first-order chi connectivity index (χ1) is 11.1. The molecule has 1 aliphatic rings. The second-order valence-corrected chi connectivity index (χ2v) is 6.67. The van der Waals surface area contributed by atoms with Crippen molar-refractivity contribution in [3.8, 4) is 6.07 Å². The summed E-state index contributed by atoms with van der Waals surface area (Å²) in [4.78, 5) is 16.0. The molecule has 0 bridgehead atoms. The molecular weight excluding hydrogens is 355 g/mol. The van der Waals surface area contributed by atoms with Gasteiger partial charge in [0.1, 0.15) is 16.6 Å². The second-order valence-electron chi connectivity index (χ2n) is 5.13. The van der Waals surface area contributed by atoms with Crippen LogP contribution in [0.4, 0.5) is 5.00 Å². The van der Waals surface area contributed by atoms with E-state index >= 15 is 0 Å². The molecule has 0 radical (unpaired) electrons. The molecule has 118 valence electrons. The van der Waals surface area contributed by atoms with Gasteiger partial charge < -0.3 is 9.80 Å². The SMILES string of the molecule is N#Cc1c(Cl)nsc1N1CCN(Cc2ccc(Cl)cc2)C(=O)C1. The molecule has 1 amide bonds. The Bertz CT molecular complexity index is 769. The van der Waals surface area contributed by atoms with Crippen LogP contribution in [0, 0.1) is 11.3 Å². The van der Waals surface area contributed by atoms with Gasteiger partial charge in [-0.15, -0.1) is 0 Å². The third-order valence-corrected chi connectivity index (χ3v) is 5.17. The summed E-state index contributed by atoms with van der Waals surface area (Å²) in [5.41, 5.74) is 1.38. The number of aromatic nitrogens is 1. The Hall–Kier alpha value is -1.81. The van der Waals surface area contributed by atoms with Crippen LogP contribution in [-0.2, 0) is 11.3 Å². The lowest BCUT2D eigenvalue weighted by Crippen LogP contribution is -2.49. The van der Waals surface area contributed by atoms with Crippen LogP contribution in [0.15, 0.2) is 24.3 Å². The summed E-state index contributed by atoms with van der Waals surface area (Å²) >= 11 is 12.9. The molecule has 0 atom stereocenters. The molecule has 1 aliphatic heterocycles. The van der Waals surface area contributed by atoms with Gasteiger partial charge in [-0.2, -0.15) is 9.64 Å². The van der Waals surface area contributed by atoms with Crippen molar-refractivity contribution in [1.82, 2.24) is 9.27 Å². The average Bonchev–Trinajstić information content (AvgIpc) is 2.92. The number of carbonyl (C=O) groups excluding carboxylic acids is 1. The molecule has 0 unspecified atom stereocenters. The van der Waals surface area contributed by atoms with Crippen molar-refractivity contribution in [3.05, 3.63) is 45.6 Å². The van der Waals surface area contributed by atoms with Crippen LogP contribution in [0.2, 0.25) is 10.2 Å². The Labute approximate surface area is 147 Å². The van der Waals surface area contributed by atoms with Gasteiger partial charge in [-0.3, -0.25) is 4.79 Å². The van der Waals surface area contributed by atoms with E-state index < -0.39 is 0 Å². The lowest BCUT2D eigenvalue weighted by Gasteiger charge is -2.34. The van der Waals surface area contributed by atoms with Crippen LogP contribution in [0.25, 0.3) is 0 Å². The number of nitrogens with zero attached hydrogens (tertiary/aromatic N) is 4. The highest BCUT2D eigenvalue weighted by atomic mass is 35.5. The molecular formula is C15H12Cl2N4OS. The number of hydrogen-bond acceptors (Lipinski definition) is 5. The molecule has 1 aromatic carbocycles. The van der Waals surface area contributed by atoms with E-state index in [4.69, 9.17) is 28.5 Å². The number of amides is 1. The largest absolute Gasteiger partial charge is 0.350 e. The molecule has 1 fully saturated rings. The maximum absolute atomic E-state index is 12.4. The van der Waals surface area contributed by atoms with E-state index in [1.54, 1.807) is 4.90 Å². The van der Waals surface area contributed by atoms with Gasteiger partial charge in [-0.05, 0) is 29.2 Å². The van der Waals surface area contributed by atoms with Gasteiger partial charge in [0.2, 0.25) is 5.91 Å². The first-order valence-corrected chi connectivity index (χ1v) is 8.44. The fourth-order valence-corrected chi connectivity index (χ4v) is 3.61. The van der Waals surface area contributed by atoms with Crippen molar-refractivity contribution in [2.45, 2.75) is 6.54 Å². The normalized spacial score (nSPS) is 14.9. The molecule has 0 N–H and O–H groups in total. The Kier molecular flexibility index (Phi) is 4.71. The molecule has 23 heavy (non-hydrogen) atoms. The summed E-state index contributed by atoms with van der Waals surface area (Å²) in [6, 6.07) is 9.51. The Balaban J connectivity index is 1.69. The highest BCUT2D eigenvalue weighted by Crippen LogP contribution is 2.32. The zero-order valence-electron chi connectivity index (χ0n) is 12.0.